The maximum Gasteiger partial charge on any atom is 0.207 e. The number of hydrogen-bond acceptors (Lipinski definition) is 6. The Bertz CT molecular complexity index is 2010. The van der Waals surface area contributed by atoms with E-state index in [0.29, 0.717) is 28.1 Å². The van der Waals surface area contributed by atoms with Crippen LogP contribution in [0, 0.1) is 4.77 Å². The van der Waals surface area contributed by atoms with E-state index in [1.807, 2.05) is 150 Å². The van der Waals surface area contributed by atoms with E-state index in [-0.39, 0.29) is 0 Å². The summed E-state index contributed by atoms with van der Waals surface area (Å²) in [5, 5.41) is 0. The quantitative estimate of drug-likeness (QED) is 0.186. The van der Waals surface area contributed by atoms with Crippen LogP contribution in [0.5, 0.6) is 0 Å². The molecular weight excluding hydrogens is 549 g/mol. The van der Waals surface area contributed by atoms with Crippen molar-refractivity contribution < 1.29 is 0 Å². The number of nitrogens with zero attached hydrogens (tertiary/aromatic N) is 6. The minimum atomic E-state index is 0.427. The molecule has 2 aromatic heterocycles. The highest BCUT2D eigenvalue weighted by molar-refractivity contribution is 7.71. The van der Waals surface area contributed by atoms with Gasteiger partial charge in [-0.05, 0) is 24.4 Å². The number of rotatable bonds is 6. The Morgan fingerprint density at radius 1 is 0.349 bits per heavy atom. The second-order valence-electron chi connectivity index (χ2n) is 9.81. The fraction of sp³-hybridized carbons (Fsp3) is 0. The average Bonchev–Trinajstić information content (AvgIpc) is 3.09. The molecule has 0 amide bonds. The van der Waals surface area contributed by atoms with Gasteiger partial charge >= 0.3 is 0 Å². The summed E-state index contributed by atoms with van der Waals surface area (Å²) < 4.78 is 2.33. The number of benzene rings is 5. The molecule has 0 bridgehead atoms. The van der Waals surface area contributed by atoms with Gasteiger partial charge in [-0.3, -0.25) is 4.57 Å². The lowest BCUT2D eigenvalue weighted by Crippen LogP contribution is -2.08. The van der Waals surface area contributed by atoms with Crippen LogP contribution in [0.3, 0.4) is 0 Å². The van der Waals surface area contributed by atoms with E-state index >= 15 is 0 Å². The first kappa shape index (κ1) is 26.3. The van der Waals surface area contributed by atoms with Crippen LogP contribution in [0.15, 0.2) is 146 Å². The number of aromatic nitrogens is 6. The zero-order chi connectivity index (χ0) is 29.0. The first-order chi connectivity index (χ1) is 21.2. The normalized spacial score (nSPS) is 10.9. The Morgan fingerprint density at radius 3 is 1.14 bits per heavy atom. The Hall–Kier alpha value is -5.66. The molecule has 7 aromatic rings. The molecule has 7 heteroatoms. The highest BCUT2D eigenvalue weighted by atomic mass is 32.1. The average molecular weight is 573 g/mol. The van der Waals surface area contributed by atoms with Gasteiger partial charge in [0.15, 0.2) is 23.3 Å². The zero-order valence-corrected chi connectivity index (χ0v) is 23.8. The molecule has 7 rings (SSSR count). The molecule has 0 fully saturated rings. The van der Waals surface area contributed by atoms with Crippen molar-refractivity contribution in [3.05, 3.63) is 150 Å². The van der Waals surface area contributed by atoms with Crippen molar-refractivity contribution in [1.29, 1.82) is 0 Å². The van der Waals surface area contributed by atoms with Crippen molar-refractivity contribution in [2.24, 2.45) is 0 Å². The lowest BCUT2D eigenvalue weighted by molar-refractivity contribution is 0.912. The van der Waals surface area contributed by atoms with Gasteiger partial charge in [0.25, 0.3) is 0 Å². The molecule has 6 nitrogen and oxygen atoms in total. The number of hydrogen-bond donors (Lipinski definition) is 0. The van der Waals surface area contributed by atoms with Crippen LogP contribution < -0.4 is 0 Å². The summed E-state index contributed by atoms with van der Waals surface area (Å²) in [4.78, 5) is 24.2. The van der Waals surface area contributed by atoms with E-state index in [1.54, 1.807) is 0 Å². The molecule has 43 heavy (non-hydrogen) atoms. The van der Waals surface area contributed by atoms with E-state index in [0.717, 1.165) is 39.3 Å². The van der Waals surface area contributed by atoms with Gasteiger partial charge in [0, 0.05) is 33.5 Å². The first-order valence-corrected chi connectivity index (χ1v) is 14.2. The Morgan fingerprint density at radius 2 is 0.698 bits per heavy atom. The van der Waals surface area contributed by atoms with E-state index in [9.17, 15) is 0 Å². The lowest BCUT2D eigenvalue weighted by Gasteiger charge is -2.14. The third-order valence-corrected chi connectivity index (χ3v) is 7.24. The third-order valence-electron chi connectivity index (χ3n) is 6.96. The monoisotopic (exact) mass is 572 g/mol. The standard InChI is InChI=1S/C36H24N6S/c43-36-41-34(40-35(29-17-9-3-10-18-29)42(36)30-19-11-4-12-20-30)28-23-21-27(22-24-28)33-38-31(25-13-5-1-6-14-25)37-32(39-33)26-15-7-2-8-16-26/h1-24H. The number of para-hydroxylation sites is 1. The SMILES string of the molecule is S=c1nc(-c2ccc(-c3nc(-c4ccccc4)nc(-c4ccccc4)n3)cc2)nc(-c2ccccc2)n1-c1ccccc1. The predicted octanol–water partition coefficient (Wildman–Crippen LogP) is 8.52. The molecule has 0 saturated carbocycles. The summed E-state index contributed by atoms with van der Waals surface area (Å²) in [5.41, 5.74) is 5.41. The predicted molar refractivity (Wildman–Crippen MR) is 173 cm³/mol. The molecule has 0 aliphatic rings. The Kier molecular flexibility index (Phi) is 7.13. The second kappa shape index (κ2) is 11.7. The van der Waals surface area contributed by atoms with E-state index < -0.39 is 0 Å². The maximum absolute atomic E-state index is 5.82. The Labute approximate surface area is 254 Å². The fourth-order valence-corrected chi connectivity index (χ4v) is 5.11. The largest absolute Gasteiger partial charge is 0.269 e. The van der Waals surface area contributed by atoms with Gasteiger partial charge in [-0.2, -0.15) is 4.98 Å². The third kappa shape index (κ3) is 5.49. The van der Waals surface area contributed by atoms with Gasteiger partial charge in [0.2, 0.25) is 4.77 Å². The highest BCUT2D eigenvalue weighted by Crippen LogP contribution is 2.28. The molecule has 5 aromatic carbocycles. The van der Waals surface area contributed by atoms with Crippen LogP contribution >= 0.6 is 12.2 Å². The molecule has 0 aliphatic heterocycles. The molecule has 0 aliphatic carbocycles. The van der Waals surface area contributed by atoms with Crippen molar-refractivity contribution >= 4 is 12.2 Å². The minimum absolute atomic E-state index is 0.427. The molecule has 0 radical (unpaired) electrons. The van der Waals surface area contributed by atoms with E-state index in [2.05, 4.69) is 0 Å². The van der Waals surface area contributed by atoms with Gasteiger partial charge < -0.3 is 0 Å². The van der Waals surface area contributed by atoms with Gasteiger partial charge in [-0.1, -0.05) is 133 Å². The van der Waals surface area contributed by atoms with Crippen LogP contribution in [-0.4, -0.2) is 29.5 Å². The molecular formula is C36H24N6S. The molecule has 0 spiro atoms. The highest BCUT2D eigenvalue weighted by Gasteiger charge is 2.15. The smallest absolute Gasteiger partial charge is 0.207 e. The topological polar surface area (TPSA) is 69.4 Å². The fourth-order valence-electron chi connectivity index (χ4n) is 4.83. The van der Waals surface area contributed by atoms with Gasteiger partial charge in [0.1, 0.15) is 5.82 Å². The van der Waals surface area contributed by atoms with Gasteiger partial charge in [-0.25, -0.2) is 19.9 Å². The zero-order valence-electron chi connectivity index (χ0n) is 22.9. The summed E-state index contributed by atoms with van der Waals surface area (Å²) in [6.45, 7) is 0. The van der Waals surface area contributed by atoms with Crippen LogP contribution in [-0.2, 0) is 0 Å². The van der Waals surface area contributed by atoms with Crippen molar-refractivity contribution in [2.45, 2.75) is 0 Å². The molecule has 0 saturated heterocycles. The van der Waals surface area contributed by atoms with E-state index in [1.165, 1.54) is 0 Å². The molecule has 0 atom stereocenters. The molecule has 2 heterocycles. The molecule has 0 unspecified atom stereocenters. The summed E-state index contributed by atoms with van der Waals surface area (Å²) in [6.07, 6.45) is 0. The Balaban J connectivity index is 1.31. The second-order valence-corrected chi connectivity index (χ2v) is 10.2. The van der Waals surface area contributed by atoms with Crippen molar-refractivity contribution in [2.75, 3.05) is 0 Å². The van der Waals surface area contributed by atoms with Gasteiger partial charge in [0.05, 0.1) is 0 Å². The summed E-state index contributed by atoms with van der Waals surface area (Å²) in [7, 11) is 0. The summed E-state index contributed by atoms with van der Waals surface area (Å²) >= 11 is 5.82. The van der Waals surface area contributed by atoms with E-state index in [4.69, 9.17) is 37.1 Å². The van der Waals surface area contributed by atoms with Crippen LogP contribution in [0.1, 0.15) is 0 Å². The van der Waals surface area contributed by atoms with Crippen molar-refractivity contribution in [1.82, 2.24) is 29.5 Å². The van der Waals surface area contributed by atoms with Crippen LogP contribution in [0.25, 0.3) is 62.6 Å². The first-order valence-electron chi connectivity index (χ1n) is 13.8. The minimum Gasteiger partial charge on any atom is -0.269 e. The molecule has 204 valence electrons. The van der Waals surface area contributed by atoms with Crippen LogP contribution in [0.2, 0.25) is 0 Å². The lowest BCUT2D eigenvalue weighted by atomic mass is 10.1. The summed E-state index contributed by atoms with van der Waals surface area (Å²) in [5.74, 6) is 3.10. The summed E-state index contributed by atoms with van der Waals surface area (Å²) in [6, 6.07) is 47.8. The molecule has 0 N–H and O–H groups in total. The maximum atomic E-state index is 5.82. The van der Waals surface area contributed by atoms with Crippen molar-refractivity contribution in [3.63, 3.8) is 0 Å². The van der Waals surface area contributed by atoms with Crippen LogP contribution in [0.4, 0.5) is 0 Å². The van der Waals surface area contributed by atoms with Crippen molar-refractivity contribution in [3.8, 4) is 62.6 Å². The van der Waals surface area contributed by atoms with Gasteiger partial charge in [-0.15, -0.1) is 0 Å².